The van der Waals surface area contributed by atoms with Crippen LogP contribution in [0.1, 0.15) is 35.4 Å². The van der Waals surface area contributed by atoms with Crippen LogP contribution in [-0.4, -0.2) is 38.1 Å². The molecule has 3 aliphatic rings. The molecule has 2 aromatic rings. The van der Waals surface area contributed by atoms with Gasteiger partial charge in [0.25, 0.3) is 5.91 Å². The smallest absolute Gasteiger partial charge is 0.265 e. The molecule has 7 nitrogen and oxygen atoms in total. The Balaban J connectivity index is 1.14. The third-order valence-corrected chi connectivity index (χ3v) is 6.10. The van der Waals surface area contributed by atoms with Crippen molar-refractivity contribution >= 4 is 17.2 Å². The second kappa shape index (κ2) is 7.43. The SMILES string of the molecule is O=C(NC1CCC(Oc2ccc3c(c2)OCO3)CC1)c1scc2c1OCCO2. The van der Waals surface area contributed by atoms with Gasteiger partial charge in [-0.05, 0) is 37.8 Å². The molecule has 2 aliphatic heterocycles. The van der Waals surface area contributed by atoms with Gasteiger partial charge in [0.15, 0.2) is 23.0 Å². The zero-order valence-corrected chi connectivity index (χ0v) is 16.1. The third kappa shape index (κ3) is 3.44. The Kier molecular flexibility index (Phi) is 4.64. The Bertz CT molecular complexity index is 874. The highest BCUT2D eigenvalue weighted by atomic mass is 32.1. The van der Waals surface area contributed by atoms with Crippen LogP contribution in [-0.2, 0) is 0 Å². The summed E-state index contributed by atoms with van der Waals surface area (Å²) in [5, 5.41) is 4.97. The van der Waals surface area contributed by atoms with E-state index in [2.05, 4.69) is 5.32 Å². The molecule has 0 saturated heterocycles. The average Bonchev–Trinajstić information content (AvgIpc) is 3.36. The first kappa shape index (κ1) is 17.5. The highest BCUT2D eigenvalue weighted by molar-refractivity contribution is 7.12. The number of hydrogen-bond donors (Lipinski definition) is 1. The van der Waals surface area contributed by atoms with Gasteiger partial charge in [-0.3, -0.25) is 4.79 Å². The van der Waals surface area contributed by atoms with E-state index in [1.807, 2.05) is 23.6 Å². The quantitative estimate of drug-likeness (QED) is 0.844. The van der Waals surface area contributed by atoms with Crippen LogP contribution in [0, 0.1) is 0 Å². The van der Waals surface area contributed by atoms with Crippen molar-refractivity contribution in [1.29, 1.82) is 0 Å². The van der Waals surface area contributed by atoms with Gasteiger partial charge in [-0.2, -0.15) is 0 Å². The molecule has 0 atom stereocenters. The molecule has 5 rings (SSSR count). The summed E-state index contributed by atoms with van der Waals surface area (Å²) in [4.78, 5) is 13.2. The minimum atomic E-state index is -0.0862. The number of thiophene rings is 1. The highest BCUT2D eigenvalue weighted by Crippen LogP contribution is 2.39. The van der Waals surface area contributed by atoms with Crippen molar-refractivity contribution in [3.05, 3.63) is 28.5 Å². The number of ether oxygens (including phenoxy) is 5. The number of amides is 1. The van der Waals surface area contributed by atoms with Crippen LogP contribution in [0.5, 0.6) is 28.7 Å². The zero-order chi connectivity index (χ0) is 18.9. The predicted molar refractivity (Wildman–Crippen MR) is 102 cm³/mol. The van der Waals surface area contributed by atoms with Gasteiger partial charge >= 0.3 is 0 Å². The molecule has 1 aliphatic carbocycles. The molecule has 28 heavy (non-hydrogen) atoms. The van der Waals surface area contributed by atoms with Crippen LogP contribution in [0.2, 0.25) is 0 Å². The van der Waals surface area contributed by atoms with Crippen LogP contribution in [0.15, 0.2) is 23.6 Å². The maximum Gasteiger partial charge on any atom is 0.265 e. The Morgan fingerprint density at radius 1 is 1.00 bits per heavy atom. The van der Waals surface area contributed by atoms with Crippen molar-refractivity contribution in [3.63, 3.8) is 0 Å². The monoisotopic (exact) mass is 403 g/mol. The lowest BCUT2D eigenvalue weighted by molar-refractivity contribution is 0.0889. The van der Waals surface area contributed by atoms with E-state index in [0.29, 0.717) is 29.6 Å². The third-order valence-electron chi connectivity index (χ3n) is 5.16. The summed E-state index contributed by atoms with van der Waals surface area (Å²) in [6.45, 7) is 1.26. The minimum absolute atomic E-state index is 0.0862. The molecular weight excluding hydrogens is 382 g/mol. The maximum absolute atomic E-state index is 12.6. The first-order chi connectivity index (χ1) is 13.8. The first-order valence-corrected chi connectivity index (χ1v) is 10.4. The lowest BCUT2D eigenvalue weighted by Gasteiger charge is -2.29. The van der Waals surface area contributed by atoms with Gasteiger partial charge in [-0.1, -0.05) is 0 Å². The predicted octanol–water partition coefficient (Wildman–Crippen LogP) is 3.37. The number of carbonyl (C=O) groups excluding carboxylic acids is 1. The number of hydrogen-bond acceptors (Lipinski definition) is 7. The summed E-state index contributed by atoms with van der Waals surface area (Å²) in [5.41, 5.74) is 0. The summed E-state index contributed by atoms with van der Waals surface area (Å²) in [7, 11) is 0. The fraction of sp³-hybridized carbons (Fsp3) is 0.450. The van der Waals surface area contributed by atoms with Gasteiger partial charge in [0.05, 0.1) is 6.10 Å². The molecule has 0 spiro atoms. The average molecular weight is 403 g/mol. The Morgan fingerprint density at radius 3 is 2.71 bits per heavy atom. The summed E-state index contributed by atoms with van der Waals surface area (Å²) >= 11 is 1.37. The Hall–Kier alpha value is -2.61. The number of rotatable bonds is 4. The van der Waals surface area contributed by atoms with E-state index in [-0.39, 0.29) is 24.8 Å². The normalized spacial score (nSPS) is 22.6. The molecule has 1 aromatic carbocycles. The molecule has 148 valence electrons. The van der Waals surface area contributed by atoms with Crippen LogP contribution >= 0.6 is 11.3 Å². The molecule has 1 amide bonds. The highest BCUT2D eigenvalue weighted by Gasteiger charge is 2.28. The van der Waals surface area contributed by atoms with Crippen LogP contribution in [0.3, 0.4) is 0 Å². The van der Waals surface area contributed by atoms with E-state index in [1.54, 1.807) is 0 Å². The number of benzene rings is 1. The van der Waals surface area contributed by atoms with E-state index >= 15 is 0 Å². The van der Waals surface area contributed by atoms with Crippen LogP contribution in [0.4, 0.5) is 0 Å². The molecule has 0 unspecified atom stereocenters. The van der Waals surface area contributed by atoms with Crippen molar-refractivity contribution in [3.8, 4) is 28.7 Å². The van der Waals surface area contributed by atoms with Gasteiger partial charge in [0.1, 0.15) is 23.8 Å². The van der Waals surface area contributed by atoms with Crippen molar-refractivity contribution in [2.45, 2.75) is 37.8 Å². The molecular formula is C20H21NO6S. The zero-order valence-electron chi connectivity index (χ0n) is 15.3. The fourth-order valence-corrected chi connectivity index (χ4v) is 4.57. The van der Waals surface area contributed by atoms with Crippen molar-refractivity contribution < 1.29 is 28.5 Å². The van der Waals surface area contributed by atoms with E-state index in [0.717, 1.165) is 42.9 Å². The van der Waals surface area contributed by atoms with Gasteiger partial charge in [0.2, 0.25) is 6.79 Å². The van der Waals surface area contributed by atoms with E-state index < -0.39 is 0 Å². The second-order valence-corrected chi connectivity index (χ2v) is 7.91. The van der Waals surface area contributed by atoms with Crippen molar-refractivity contribution in [1.82, 2.24) is 5.32 Å². The summed E-state index contributed by atoms with van der Waals surface area (Å²) < 4.78 is 27.9. The molecule has 1 aromatic heterocycles. The van der Waals surface area contributed by atoms with E-state index in [1.165, 1.54) is 11.3 Å². The van der Waals surface area contributed by atoms with Gasteiger partial charge in [0, 0.05) is 17.5 Å². The van der Waals surface area contributed by atoms with E-state index in [4.69, 9.17) is 23.7 Å². The topological polar surface area (TPSA) is 75.3 Å². The van der Waals surface area contributed by atoms with Gasteiger partial charge in [-0.15, -0.1) is 11.3 Å². The Morgan fingerprint density at radius 2 is 1.82 bits per heavy atom. The lowest BCUT2D eigenvalue weighted by Crippen LogP contribution is -2.39. The molecule has 1 N–H and O–H groups in total. The minimum Gasteiger partial charge on any atom is -0.490 e. The molecule has 1 fully saturated rings. The largest absolute Gasteiger partial charge is 0.490 e. The number of carbonyl (C=O) groups is 1. The molecule has 8 heteroatoms. The maximum atomic E-state index is 12.6. The molecule has 3 heterocycles. The summed E-state index contributed by atoms with van der Waals surface area (Å²) in [6.07, 6.45) is 3.68. The molecule has 1 saturated carbocycles. The van der Waals surface area contributed by atoms with E-state index in [9.17, 15) is 4.79 Å². The van der Waals surface area contributed by atoms with Crippen LogP contribution < -0.4 is 29.0 Å². The summed E-state index contributed by atoms with van der Waals surface area (Å²) in [5.74, 6) is 3.43. The number of nitrogens with one attached hydrogen (secondary N) is 1. The van der Waals surface area contributed by atoms with Crippen molar-refractivity contribution in [2.24, 2.45) is 0 Å². The van der Waals surface area contributed by atoms with Crippen LogP contribution in [0.25, 0.3) is 0 Å². The fourth-order valence-electron chi connectivity index (χ4n) is 3.74. The Labute approximate surface area is 166 Å². The lowest BCUT2D eigenvalue weighted by atomic mass is 9.93. The van der Waals surface area contributed by atoms with Gasteiger partial charge in [-0.25, -0.2) is 0 Å². The molecule has 0 bridgehead atoms. The van der Waals surface area contributed by atoms with Gasteiger partial charge < -0.3 is 29.0 Å². The molecule has 0 radical (unpaired) electrons. The summed E-state index contributed by atoms with van der Waals surface area (Å²) in [6, 6.07) is 5.80. The van der Waals surface area contributed by atoms with Crippen molar-refractivity contribution in [2.75, 3.05) is 20.0 Å². The second-order valence-electron chi connectivity index (χ2n) is 7.04. The standard InChI is InChI=1S/C20H21NO6S/c22-20(19-18-17(10-28-19)23-7-8-24-18)21-12-1-3-13(4-2-12)27-14-5-6-15-16(9-14)26-11-25-15/h5-6,9-10,12-13H,1-4,7-8,11H2,(H,21,22). The first-order valence-electron chi connectivity index (χ1n) is 9.50. The number of fused-ring (bicyclic) bond motifs is 2.